The standard InChI is InChI=1S/C15H22N2O/c1-4-12-7-6-11(3)17(12)15(18)13-8-5-10(2)9-14(13)16/h5,8-9,11-12H,4,6-7,16H2,1-3H3. The molecule has 1 aromatic rings. The summed E-state index contributed by atoms with van der Waals surface area (Å²) in [5, 5.41) is 0. The van der Waals surface area contributed by atoms with E-state index in [-0.39, 0.29) is 5.91 Å². The van der Waals surface area contributed by atoms with E-state index in [2.05, 4.69) is 13.8 Å². The van der Waals surface area contributed by atoms with Crippen LogP contribution in [-0.2, 0) is 0 Å². The number of anilines is 1. The maximum atomic E-state index is 12.6. The van der Waals surface area contributed by atoms with E-state index in [1.165, 1.54) is 0 Å². The summed E-state index contributed by atoms with van der Waals surface area (Å²) in [5.41, 5.74) is 8.30. The number of amides is 1. The molecule has 1 aromatic carbocycles. The van der Waals surface area contributed by atoms with Crippen LogP contribution in [-0.4, -0.2) is 22.9 Å². The zero-order valence-electron chi connectivity index (χ0n) is 11.4. The molecule has 2 N–H and O–H groups in total. The molecule has 0 radical (unpaired) electrons. The zero-order valence-corrected chi connectivity index (χ0v) is 11.4. The maximum Gasteiger partial charge on any atom is 0.256 e. The van der Waals surface area contributed by atoms with Crippen LogP contribution in [0.5, 0.6) is 0 Å². The summed E-state index contributed by atoms with van der Waals surface area (Å²) in [5.74, 6) is 0.0874. The third-order valence-electron chi connectivity index (χ3n) is 3.93. The number of likely N-dealkylation sites (tertiary alicyclic amines) is 1. The van der Waals surface area contributed by atoms with Gasteiger partial charge in [0.25, 0.3) is 5.91 Å². The largest absolute Gasteiger partial charge is 0.398 e. The van der Waals surface area contributed by atoms with Crippen LogP contribution >= 0.6 is 0 Å². The van der Waals surface area contributed by atoms with Crippen molar-refractivity contribution < 1.29 is 4.79 Å². The summed E-state index contributed by atoms with van der Waals surface area (Å²) in [6, 6.07) is 6.36. The second kappa shape index (κ2) is 5.01. The summed E-state index contributed by atoms with van der Waals surface area (Å²) >= 11 is 0. The summed E-state index contributed by atoms with van der Waals surface area (Å²) in [6.07, 6.45) is 3.22. The van der Waals surface area contributed by atoms with Gasteiger partial charge in [-0.1, -0.05) is 13.0 Å². The Morgan fingerprint density at radius 1 is 1.44 bits per heavy atom. The molecule has 0 saturated carbocycles. The van der Waals surface area contributed by atoms with Crippen molar-refractivity contribution in [3.63, 3.8) is 0 Å². The lowest BCUT2D eigenvalue weighted by atomic mass is 10.1. The van der Waals surface area contributed by atoms with Gasteiger partial charge in [-0.2, -0.15) is 0 Å². The highest BCUT2D eigenvalue weighted by atomic mass is 16.2. The predicted octanol–water partition coefficient (Wildman–Crippen LogP) is 2.98. The molecule has 3 nitrogen and oxygen atoms in total. The molecule has 2 unspecified atom stereocenters. The fourth-order valence-electron chi connectivity index (χ4n) is 2.85. The minimum absolute atomic E-state index is 0.0874. The first-order valence-corrected chi connectivity index (χ1v) is 6.73. The minimum atomic E-state index is 0.0874. The first-order valence-electron chi connectivity index (χ1n) is 6.73. The van der Waals surface area contributed by atoms with Gasteiger partial charge in [0, 0.05) is 17.8 Å². The second-order valence-electron chi connectivity index (χ2n) is 5.29. The van der Waals surface area contributed by atoms with Crippen molar-refractivity contribution in [1.29, 1.82) is 0 Å². The smallest absolute Gasteiger partial charge is 0.256 e. The average molecular weight is 246 g/mol. The van der Waals surface area contributed by atoms with Crippen LogP contribution in [0.2, 0.25) is 0 Å². The Balaban J connectivity index is 2.30. The lowest BCUT2D eigenvalue weighted by Gasteiger charge is -2.28. The van der Waals surface area contributed by atoms with Gasteiger partial charge >= 0.3 is 0 Å². The highest BCUT2D eigenvalue weighted by molar-refractivity contribution is 5.99. The molecule has 1 saturated heterocycles. The number of carbonyl (C=O) groups excluding carboxylic acids is 1. The molecule has 0 aromatic heterocycles. The Morgan fingerprint density at radius 3 is 2.78 bits per heavy atom. The zero-order chi connectivity index (χ0) is 13.3. The van der Waals surface area contributed by atoms with Crippen LogP contribution in [0.3, 0.4) is 0 Å². The molecule has 2 rings (SSSR count). The molecule has 1 aliphatic heterocycles. The van der Waals surface area contributed by atoms with Crippen LogP contribution in [0, 0.1) is 6.92 Å². The van der Waals surface area contributed by atoms with Crippen molar-refractivity contribution in [2.24, 2.45) is 0 Å². The van der Waals surface area contributed by atoms with Crippen LogP contribution < -0.4 is 5.73 Å². The van der Waals surface area contributed by atoms with Crippen molar-refractivity contribution in [3.05, 3.63) is 29.3 Å². The van der Waals surface area contributed by atoms with Gasteiger partial charge in [0.1, 0.15) is 0 Å². The van der Waals surface area contributed by atoms with Gasteiger partial charge in [0.15, 0.2) is 0 Å². The van der Waals surface area contributed by atoms with E-state index in [1.54, 1.807) is 0 Å². The number of hydrogen-bond acceptors (Lipinski definition) is 2. The number of nitrogen functional groups attached to an aromatic ring is 1. The average Bonchev–Trinajstić information content (AvgIpc) is 2.69. The number of hydrogen-bond donors (Lipinski definition) is 1. The van der Waals surface area contributed by atoms with E-state index >= 15 is 0 Å². The quantitative estimate of drug-likeness (QED) is 0.815. The summed E-state index contributed by atoms with van der Waals surface area (Å²) in [6.45, 7) is 6.25. The van der Waals surface area contributed by atoms with Crippen LogP contribution in [0.25, 0.3) is 0 Å². The van der Waals surface area contributed by atoms with Crippen molar-refractivity contribution in [2.75, 3.05) is 5.73 Å². The molecule has 1 amide bonds. The van der Waals surface area contributed by atoms with Crippen molar-refractivity contribution in [2.45, 2.75) is 52.1 Å². The van der Waals surface area contributed by atoms with Gasteiger partial charge in [-0.25, -0.2) is 0 Å². The van der Waals surface area contributed by atoms with Crippen LogP contribution in [0.1, 0.15) is 49.0 Å². The number of nitrogens with zero attached hydrogens (tertiary/aromatic N) is 1. The predicted molar refractivity (Wildman–Crippen MR) is 74.5 cm³/mol. The Bertz CT molecular complexity index is 456. The molecule has 0 bridgehead atoms. The molecular weight excluding hydrogens is 224 g/mol. The Hall–Kier alpha value is -1.51. The highest BCUT2D eigenvalue weighted by Gasteiger charge is 2.34. The molecule has 1 heterocycles. The number of nitrogens with two attached hydrogens (primary N) is 1. The Labute approximate surface area is 109 Å². The molecule has 0 spiro atoms. The SMILES string of the molecule is CCC1CCC(C)N1C(=O)c1ccc(C)cc1N. The maximum absolute atomic E-state index is 12.6. The fourth-order valence-corrected chi connectivity index (χ4v) is 2.85. The van der Waals surface area contributed by atoms with Gasteiger partial charge in [-0.05, 0) is 50.8 Å². The first kappa shape index (κ1) is 12.9. The summed E-state index contributed by atoms with van der Waals surface area (Å²) in [4.78, 5) is 14.6. The summed E-state index contributed by atoms with van der Waals surface area (Å²) in [7, 11) is 0. The Kier molecular flexibility index (Phi) is 3.60. The van der Waals surface area contributed by atoms with Crippen molar-refractivity contribution in [3.8, 4) is 0 Å². The molecule has 98 valence electrons. The van der Waals surface area contributed by atoms with E-state index in [4.69, 9.17) is 5.73 Å². The third-order valence-corrected chi connectivity index (χ3v) is 3.93. The van der Waals surface area contributed by atoms with E-state index in [1.807, 2.05) is 30.0 Å². The Morgan fingerprint density at radius 2 is 2.17 bits per heavy atom. The van der Waals surface area contributed by atoms with Gasteiger partial charge in [0.05, 0.1) is 5.56 Å². The highest BCUT2D eigenvalue weighted by Crippen LogP contribution is 2.29. The molecule has 18 heavy (non-hydrogen) atoms. The molecule has 0 aliphatic carbocycles. The monoisotopic (exact) mass is 246 g/mol. The summed E-state index contributed by atoms with van der Waals surface area (Å²) < 4.78 is 0. The number of carbonyl (C=O) groups is 1. The van der Waals surface area contributed by atoms with E-state index in [0.29, 0.717) is 23.3 Å². The minimum Gasteiger partial charge on any atom is -0.398 e. The van der Waals surface area contributed by atoms with Crippen LogP contribution in [0.4, 0.5) is 5.69 Å². The van der Waals surface area contributed by atoms with Gasteiger partial charge in [-0.15, -0.1) is 0 Å². The molecule has 3 heteroatoms. The van der Waals surface area contributed by atoms with Crippen molar-refractivity contribution >= 4 is 11.6 Å². The molecule has 2 atom stereocenters. The van der Waals surface area contributed by atoms with Crippen molar-refractivity contribution in [1.82, 2.24) is 4.90 Å². The number of rotatable bonds is 2. The van der Waals surface area contributed by atoms with Gasteiger partial charge in [0.2, 0.25) is 0 Å². The normalized spacial score (nSPS) is 23.4. The number of benzene rings is 1. The first-order chi connectivity index (χ1) is 8.54. The van der Waals surface area contributed by atoms with E-state index in [9.17, 15) is 4.79 Å². The fraction of sp³-hybridized carbons (Fsp3) is 0.533. The topological polar surface area (TPSA) is 46.3 Å². The molecule has 1 fully saturated rings. The van der Waals surface area contributed by atoms with Gasteiger partial charge in [-0.3, -0.25) is 4.79 Å². The van der Waals surface area contributed by atoms with Crippen LogP contribution in [0.15, 0.2) is 18.2 Å². The lowest BCUT2D eigenvalue weighted by Crippen LogP contribution is -2.40. The third kappa shape index (κ3) is 2.22. The molecule has 1 aliphatic rings. The van der Waals surface area contributed by atoms with E-state index in [0.717, 1.165) is 24.8 Å². The number of aryl methyl sites for hydroxylation is 1. The van der Waals surface area contributed by atoms with Gasteiger partial charge < -0.3 is 10.6 Å². The van der Waals surface area contributed by atoms with E-state index < -0.39 is 0 Å². The second-order valence-corrected chi connectivity index (χ2v) is 5.29. The molecular formula is C15H22N2O. The lowest BCUT2D eigenvalue weighted by molar-refractivity contribution is 0.0677.